The van der Waals surface area contributed by atoms with Crippen LogP contribution in [0.1, 0.15) is 36.1 Å². The maximum Gasteiger partial charge on any atom is 0.253 e. The molecule has 1 unspecified atom stereocenters. The molecule has 2 aliphatic rings. The molecule has 1 saturated heterocycles. The fourth-order valence-electron chi connectivity index (χ4n) is 4.26. The van der Waals surface area contributed by atoms with Crippen LogP contribution in [0.3, 0.4) is 0 Å². The van der Waals surface area contributed by atoms with Crippen LogP contribution in [-0.2, 0) is 22.6 Å². The molecule has 2 aliphatic heterocycles. The van der Waals surface area contributed by atoms with Crippen molar-refractivity contribution in [1.29, 1.82) is 0 Å². The lowest BCUT2D eigenvalue weighted by atomic mass is 10.1. The van der Waals surface area contributed by atoms with E-state index in [0.29, 0.717) is 43.5 Å². The van der Waals surface area contributed by atoms with Crippen LogP contribution in [0.25, 0.3) is 0 Å². The minimum Gasteiger partial charge on any atom is -0.497 e. The standard InChI is InChI=1S/C21H27N5O4/c1-14-22-23-20-19(21(28)24-8-4-5-9-24)26(11-10-25(14)20)18(27)13-15-12-16(29-2)6-7-17(15)30-3/h6-7,12,19H,4-5,8-11,13H2,1-3H3. The van der Waals surface area contributed by atoms with Gasteiger partial charge in [0.25, 0.3) is 5.91 Å². The summed E-state index contributed by atoms with van der Waals surface area (Å²) in [4.78, 5) is 30.2. The van der Waals surface area contributed by atoms with Gasteiger partial charge in [0.2, 0.25) is 5.91 Å². The van der Waals surface area contributed by atoms with Crippen LogP contribution in [0, 0.1) is 6.92 Å². The number of aryl methyl sites for hydroxylation is 1. The van der Waals surface area contributed by atoms with Crippen molar-refractivity contribution >= 4 is 11.8 Å². The third kappa shape index (κ3) is 3.59. The van der Waals surface area contributed by atoms with Gasteiger partial charge in [-0.25, -0.2) is 0 Å². The zero-order chi connectivity index (χ0) is 21.3. The molecule has 0 aliphatic carbocycles. The van der Waals surface area contributed by atoms with E-state index in [1.54, 1.807) is 37.3 Å². The van der Waals surface area contributed by atoms with E-state index in [4.69, 9.17) is 9.47 Å². The van der Waals surface area contributed by atoms with Gasteiger partial charge in [-0.2, -0.15) is 0 Å². The van der Waals surface area contributed by atoms with Crippen molar-refractivity contribution in [1.82, 2.24) is 24.6 Å². The first-order valence-electron chi connectivity index (χ1n) is 10.2. The normalized spacial score (nSPS) is 18.3. The summed E-state index contributed by atoms with van der Waals surface area (Å²) in [6.07, 6.45) is 2.08. The van der Waals surface area contributed by atoms with Gasteiger partial charge < -0.3 is 23.8 Å². The molecule has 9 heteroatoms. The van der Waals surface area contributed by atoms with Crippen molar-refractivity contribution < 1.29 is 19.1 Å². The van der Waals surface area contributed by atoms with Crippen LogP contribution in [0.5, 0.6) is 11.5 Å². The number of likely N-dealkylation sites (tertiary alicyclic amines) is 1. The zero-order valence-corrected chi connectivity index (χ0v) is 17.6. The highest BCUT2D eigenvalue weighted by atomic mass is 16.5. The van der Waals surface area contributed by atoms with Crippen molar-refractivity contribution in [3.05, 3.63) is 35.4 Å². The largest absolute Gasteiger partial charge is 0.497 e. The second-order valence-electron chi connectivity index (χ2n) is 7.63. The predicted octanol–water partition coefficient (Wildman–Crippen LogP) is 1.35. The predicted molar refractivity (Wildman–Crippen MR) is 108 cm³/mol. The maximum absolute atomic E-state index is 13.4. The third-order valence-corrected chi connectivity index (χ3v) is 5.89. The van der Waals surface area contributed by atoms with Crippen molar-refractivity contribution in [2.75, 3.05) is 33.9 Å². The highest BCUT2D eigenvalue weighted by Gasteiger charge is 2.41. The number of fused-ring (bicyclic) bond motifs is 1. The summed E-state index contributed by atoms with van der Waals surface area (Å²) < 4.78 is 12.7. The molecule has 1 aromatic carbocycles. The number of rotatable bonds is 5. The summed E-state index contributed by atoms with van der Waals surface area (Å²) in [5, 5.41) is 8.41. The van der Waals surface area contributed by atoms with E-state index in [-0.39, 0.29) is 18.2 Å². The maximum atomic E-state index is 13.4. The molecule has 1 fully saturated rings. The molecule has 3 heterocycles. The lowest BCUT2D eigenvalue weighted by Crippen LogP contribution is -2.50. The lowest BCUT2D eigenvalue weighted by molar-refractivity contribution is -0.147. The fraction of sp³-hybridized carbons (Fsp3) is 0.524. The van der Waals surface area contributed by atoms with Crippen LogP contribution in [0.2, 0.25) is 0 Å². The van der Waals surface area contributed by atoms with Gasteiger partial charge in [-0.15, -0.1) is 10.2 Å². The Morgan fingerprint density at radius 3 is 2.53 bits per heavy atom. The van der Waals surface area contributed by atoms with Crippen LogP contribution in [-0.4, -0.2) is 70.2 Å². The average Bonchev–Trinajstić information content (AvgIpc) is 3.43. The Morgan fingerprint density at radius 2 is 1.83 bits per heavy atom. The molecule has 2 aromatic rings. The number of aromatic nitrogens is 3. The van der Waals surface area contributed by atoms with Gasteiger partial charge in [0, 0.05) is 31.7 Å². The Hall–Kier alpha value is -3.10. The van der Waals surface area contributed by atoms with E-state index >= 15 is 0 Å². The van der Waals surface area contributed by atoms with E-state index in [1.165, 1.54) is 0 Å². The molecule has 0 radical (unpaired) electrons. The number of methoxy groups -OCH3 is 2. The fourth-order valence-corrected chi connectivity index (χ4v) is 4.26. The molecule has 2 amide bonds. The number of hydrogen-bond donors (Lipinski definition) is 0. The van der Waals surface area contributed by atoms with Crippen molar-refractivity contribution in [3.63, 3.8) is 0 Å². The summed E-state index contributed by atoms with van der Waals surface area (Å²) in [6, 6.07) is 4.62. The number of nitrogens with zero attached hydrogens (tertiary/aromatic N) is 5. The number of amides is 2. The molecule has 0 bridgehead atoms. The van der Waals surface area contributed by atoms with E-state index in [0.717, 1.165) is 24.2 Å². The van der Waals surface area contributed by atoms with Gasteiger partial charge in [0.15, 0.2) is 11.9 Å². The first-order chi connectivity index (χ1) is 14.5. The van der Waals surface area contributed by atoms with E-state index in [9.17, 15) is 9.59 Å². The zero-order valence-electron chi connectivity index (χ0n) is 17.6. The van der Waals surface area contributed by atoms with Crippen LogP contribution in [0.4, 0.5) is 0 Å². The molecule has 0 spiro atoms. The number of ether oxygens (including phenoxy) is 2. The Bertz CT molecular complexity index is 951. The highest BCUT2D eigenvalue weighted by Crippen LogP contribution is 2.31. The molecule has 1 atom stereocenters. The van der Waals surface area contributed by atoms with E-state index < -0.39 is 6.04 Å². The van der Waals surface area contributed by atoms with Crippen LogP contribution >= 0.6 is 0 Å². The molecule has 9 nitrogen and oxygen atoms in total. The lowest BCUT2D eigenvalue weighted by Gasteiger charge is -2.36. The van der Waals surface area contributed by atoms with Crippen molar-refractivity contribution in [3.8, 4) is 11.5 Å². The number of carbonyl (C=O) groups excluding carboxylic acids is 2. The molecule has 160 valence electrons. The van der Waals surface area contributed by atoms with Crippen LogP contribution < -0.4 is 9.47 Å². The summed E-state index contributed by atoms with van der Waals surface area (Å²) in [7, 11) is 3.15. The Morgan fingerprint density at radius 1 is 1.07 bits per heavy atom. The minimum atomic E-state index is -0.748. The molecule has 0 N–H and O–H groups in total. The summed E-state index contributed by atoms with van der Waals surface area (Å²) >= 11 is 0. The number of hydrogen-bond acceptors (Lipinski definition) is 6. The van der Waals surface area contributed by atoms with Gasteiger partial charge in [-0.3, -0.25) is 9.59 Å². The molecule has 4 rings (SSSR count). The molecule has 0 saturated carbocycles. The highest BCUT2D eigenvalue weighted by molar-refractivity contribution is 5.89. The Labute approximate surface area is 175 Å². The third-order valence-electron chi connectivity index (χ3n) is 5.89. The summed E-state index contributed by atoms with van der Waals surface area (Å²) in [5.41, 5.74) is 0.720. The van der Waals surface area contributed by atoms with Gasteiger partial charge in [0.1, 0.15) is 17.3 Å². The minimum absolute atomic E-state index is 0.0770. The summed E-state index contributed by atoms with van der Waals surface area (Å²) in [5.74, 6) is 2.34. The Kier molecular flexibility index (Phi) is 5.61. The monoisotopic (exact) mass is 413 g/mol. The molecular weight excluding hydrogens is 386 g/mol. The van der Waals surface area contributed by atoms with E-state index in [1.807, 2.05) is 16.4 Å². The molecular formula is C21H27N5O4. The van der Waals surface area contributed by atoms with Gasteiger partial charge in [-0.1, -0.05) is 0 Å². The Balaban J connectivity index is 1.64. The quantitative estimate of drug-likeness (QED) is 0.735. The van der Waals surface area contributed by atoms with Gasteiger partial charge >= 0.3 is 0 Å². The summed E-state index contributed by atoms with van der Waals surface area (Å²) in [6.45, 7) is 4.30. The topological polar surface area (TPSA) is 89.8 Å². The first-order valence-corrected chi connectivity index (χ1v) is 10.2. The van der Waals surface area contributed by atoms with Crippen LogP contribution in [0.15, 0.2) is 18.2 Å². The second kappa shape index (κ2) is 8.33. The number of benzene rings is 1. The number of carbonyl (C=O) groups is 2. The van der Waals surface area contributed by atoms with Gasteiger partial charge in [-0.05, 0) is 38.0 Å². The molecule has 30 heavy (non-hydrogen) atoms. The second-order valence-corrected chi connectivity index (χ2v) is 7.63. The van der Waals surface area contributed by atoms with Crippen molar-refractivity contribution in [2.45, 2.75) is 38.8 Å². The van der Waals surface area contributed by atoms with Crippen molar-refractivity contribution in [2.24, 2.45) is 0 Å². The molecule has 1 aromatic heterocycles. The SMILES string of the molecule is COc1ccc(OC)c(CC(=O)N2CCn3c(C)nnc3C2C(=O)N2CCCC2)c1. The van der Waals surface area contributed by atoms with E-state index in [2.05, 4.69) is 10.2 Å². The smallest absolute Gasteiger partial charge is 0.253 e. The van der Waals surface area contributed by atoms with Gasteiger partial charge in [0.05, 0.1) is 20.6 Å². The average molecular weight is 413 g/mol. The first kappa shape index (κ1) is 20.2.